The number of nitrogens with one attached hydrogen (secondary N) is 1. The average molecular weight is 361 g/mol. The highest BCUT2D eigenvalue weighted by atomic mass is 32.1. The number of unbranched alkanes of at least 4 members (excludes halogenated alkanes) is 2. The molecule has 0 atom stereocenters. The number of amides is 2. The van der Waals surface area contributed by atoms with Crippen molar-refractivity contribution in [3.05, 3.63) is 41.9 Å². The van der Waals surface area contributed by atoms with Crippen LogP contribution in [0.2, 0.25) is 0 Å². The normalized spacial score (nSPS) is 10.3. The summed E-state index contributed by atoms with van der Waals surface area (Å²) in [4.78, 5) is 30.2. The van der Waals surface area contributed by atoms with Crippen LogP contribution < -0.4 is 10.1 Å². The molecule has 1 heterocycles. The molecule has 0 saturated carbocycles. The van der Waals surface area contributed by atoms with Crippen molar-refractivity contribution in [3.8, 4) is 5.75 Å². The molecule has 0 saturated heterocycles. The number of para-hydroxylation sites is 1. The van der Waals surface area contributed by atoms with E-state index in [9.17, 15) is 9.59 Å². The summed E-state index contributed by atoms with van der Waals surface area (Å²) in [6.45, 7) is 2.55. The number of carbonyl (C=O) groups is 2. The first-order chi connectivity index (χ1) is 12.2. The SMILES string of the molecule is CCCCCN(CC(=O)Nc1nccs1)C(=O)COc1ccccc1. The van der Waals surface area contributed by atoms with Crippen molar-refractivity contribution in [3.63, 3.8) is 0 Å². The van der Waals surface area contributed by atoms with Gasteiger partial charge in [0.25, 0.3) is 5.91 Å². The van der Waals surface area contributed by atoms with Crippen LogP contribution in [-0.4, -0.2) is 41.4 Å². The van der Waals surface area contributed by atoms with Gasteiger partial charge in [0.15, 0.2) is 11.7 Å². The van der Waals surface area contributed by atoms with Gasteiger partial charge in [-0.3, -0.25) is 9.59 Å². The Morgan fingerprint density at radius 3 is 2.72 bits per heavy atom. The van der Waals surface area contributed by atoms with Crippen molar-refractivity contribution in [1.82, 2.24) is 9.88 Å². The van der Waals surface area contributed by atoms with Crippen LogP contribution in [0.15, 0.2) is 41.9 Å². The maximum Gasteiger partial charge on any atom is 0.260 e. The summed E-state index contributed by atoms with van der Waals surface area (Å²) in [5.41, 5.74) is 0. The molecule has 0 fully saturated rings. The van der Waals surface area contributed by atoms with Crippen LogP contribution in [0.4, 0.5) is 5.13 Å². The fraction of sp³-hybridized carbons (Fsp3) is 0.389. The summed E-state index contributed by atoms with van der Waals surface area (Å²) >= 11 is 1.34. The molecule has 7 heteroatoms. The number of carbonyl (C=O) groups excluding carboxylic acids is 2. The van der Waals surface area contributed by atoms with Gasteiger partial charge in [0.1, 0.15) is 12.3 Å². The fourth-order valence-corrected chi connectivity index (χ4v) is 2.76. The van der Waals surface area contributed by atoms with E-state index in [0.29, 0.717) is 17.4 Å². The number of thiazole rings is 1. The monoisotopic (exact) mass is 361 g/mol. The highest BCUT2D eigenvalue weighted by Gasteiger charge is 2.18. The fourth-order valence-electron chi connectivity index (χ4n) is 2.21. The molecule has 0 aliphatic rings. The van der Waals surface area contributed by atoms with Crippen molar-refractivity contribution < 1.29 is 14.3 Å². The molecule has 0 aliphatic heterocycles. The van der Waals surface area contributed by atoms with Gasteiger partial charge in [-0.05, 0) is 18.6 Å². The Morgan fingerprint density at radius 1 is 1.24 bits per heavy atom. The molecule has 25 heavy (non-hydrogen) atoms. The molecule has 0 radical (unpaired) electrons. The van der Waals surface area contributed by atoms with Gasteiger partial charge >= 0.3 is 0 Å². The van der Waals surface area contributed by atoms with Gasteiger partial charge < -0.3 is 15.0 Å². The second-order valence-corrected chi connectivity index (χ2v) is 6.40. The zero-order valence-electron chi connectivity index (χ0n) is 14.3. The number of hydrogen-bond donors (Lipinski definition) is 1. The zero-order chi connectivity index (χ0) is 17.9. The zero-order valence-corrected chi connectivity index (χ0v) is 15.1. The Balaban J connectivity index is 1.88. The van der Waals surface area contributed by atoms with Gasteiger partial charge in [-0.1, -0.05) is 38.0 Å². The lowest BCUT2D eigenvalue weighted by Gasteiger charge is -2.22. The lowest BCUT2D eigenvalue weighted by molar-refractivity contribution is -0.136. The number of rotatable bonds is 10. The summed E-state index contributed by atoms with van der Waals surface area (Å²) < 4.78 is 5.51. The van der Waals surface area contributed by atoms with Gasteiger partial charge in [-0.2, -0.15) is 0 Å². The maximum atomic E-state index is 12.5. The molecule has 134 valence electrons. The van der Waals surface area contributed by atoms with Crippen molar-refractivity contribution in [2.75, 3.05) is 25.0 Å². The van der Waals surface area contributed by atoms with E-state index >= 15 is 0 Å². The lowest BCUT2D eigenvalue weighted by Crippen LogP contribution is -2.41. The number of anilines is 1. The van der Waals surface area contributed by atoms with E-state index in [0.717, 1.165) is 19.3 Å². The summed E-state index contributed by atoms with van der Waals surface area (Å²) in [5, 5.41) is 5.02. The highest BCUT2D eigenvalue weighted by Crippen LogP contribution is 2.11. The van der Waals surface area contributed by atoms with Crippen LogP contribution in [0.1, 0.15) is 26.2 Å². The minimum absolute atomic E-state index is 0.000275. The molecule has 0 unspecified atom stereocenters. The molecule has 6 nitrogen and oxygen atoms in total. The molecule has 0 aliphatic carbocycles. The largest absolute Gasteiger partial charge is 0.484 e. The lowest BCUT2D eigenvalue weighted by atomic mass is 10.2. The molecule has 2 aromatic rings. The van der Waals surface area contributed by atoms with Gasteiger partial charge in [-0.25, -0.2) is 4.98 Å². The molecule has 0 spiro atoms. The van der Waals surface area contributed by atoms with Crippen molar-refractivity contribution in [2.45, 2.75) is 26.2 Å². The van der Waals surface area contributed by atoms with Crippen LogP contribution >= 0.6 is 11.3 Å². The van der Waals surface area contributed by atoms with E-state index < -0.39 is 0 Å². The Morgan fingerprint density at radius 2 is 2.04 bits per heavy atom. The smallest absolute Gasteiger partial charge is 0.260 e. The Bertz CT molecular complexity index is 647. The van der Waals surface area contributed by atoms with Crippen molar-refractivity contribution in [2.24, 2.45) is 0 Å². The maximum absolute atomic E-state index is 12.5. The third kappa shape index (κ3) is 6.93. The van der Waals surface area contributed by atoms with Crippen molar-refractivity contribution >= 4 is 28.3 Å². The van der Waals surface area contributed by atoms with E-state index in [2.05, 4.69) is 17.2 Å². The average Bonchev–Trinajstić information content (AvgIpc) is 3.12. The standard InChI is InChI=1S/C18H23N3O3S/c1-2-3-7-11-21(13-16(22)20-18-19-10-12-25-18)17(23)14-24-15-8-5-4-6-9-15/h4-6,8-10,12H,2-3,7,11,13-14H2,1H3,(H,19,20,22). The molecule has 1 aromatic carbocycles. The number of ether oxygens (including phenoxy) is 1. The van der Waals surface area contributed by atoms with Crippen LogP contribution in [0, 0.1) is 0 Å². The number of nitrogens with zero attached hydrogens (tertiary/aromatic N) is 2. The first-order valence-corrected chi connectivity index (χ1v) is 9.22. The third-order valence-electron chi connectivity index (χ3n) is 3.50. The second kappa shape index (κ2) is 10.5. The Hall–Kier alpha value is -2.41. The van der Waals surface area contributed by atoms with E-state index in [1.54, 1.807) is 28.6 Å². The Kier molecular flexibility index (Phi) is 7.91. The molecule has 2 amide bonds. The van der Waals surface area contributed by atoms with E-state index in [1.807, 2.05) is 18.2 Å². The molecule has 1 aromatic heterocycles. The quantitative estimate of drug-likeness (QED) is 0.660. The van der Waals surface area contributed by atoms with Crippen molar-refractivity contribution in [1.29, 1.82) is 0 Å². The minimum Gasteiger partial charge on any atom is -0.484 e. The van der Waals surface area contributed by atoms with Gasteiger partial charge in [0.05, 0.1) is 0 Å². The van der Waals surface area contributed by atoms with Crippen LogP contribution in [0.25, 0.3) is 0 Å². The predicted molar refractivity (Wildman–Crippen MR) is 98.8 cm³/mol. The number of aromatic nitrogens is 1. The summed E-state index contributed by atoms with van der Waals surface area (Å²) in [7, 11) is 0. The van der Waals surface area contributed by atoms with E-state index in [4.69, 9.17) is 4.74 Å². The molecule has 1 N–H and O–H groups in total. The van der Waals surface area contributed by atoms with E-state index in [1.165, 1.54) is 11.3 Å². The highest BCUT2D eigenvalue weighted by molar-refractivity contribution is 7.13. The molecule has 2 rings (SSSR count). The second-order valence-electron chi connectivity index (χ2n) is 5.51. The summed E-state index contributed by atoms with van der Waals surface area (Å²) in [6.07, 6.45) is 4.54. The van der Waals surface area contributed by atoms with Crippen LogP contribution in [-0.2, 0) is 9.59 Å². The number of hydrogen-bond acceptors (Lipinski definition) is 5. The first-order valence-electron chi connectivity index (χ1n) is 8.34. The van der Waals surface area contributed by atoms with Gasteiger partial charge in [0, 0.05) is 18.1 Å². The molecule has 0 bridgehead atoms. The van der Waals surface area contributed by atoms with Gasteiger partial charge in [-0.15, -0.1) is 11.3 Å². The van der Waals surface area contributed by atoms with Gasteiger partial charge in [0.2, 0.25) is 5.91 Å². The minimum atomic E-state index is -0.250. The Labute approximate surface area is 151 Å². The van der Waals surface area contributed by atoms with Crippen LogP contribution in [0.3, 0.4) is 0 Å². The summed E-state index contributed by atoms with van der Waals surface area (Å²) in [6, 6.07) is 9.17. The van der Waals surface area contributed by atoms with Crippen LogP contribution in [0.5, 0.6) is 5.75 Å². The summed E-state index contributed by atoms with van der Waals surface area (Å²) in [5.74, 6) is 0.186. The number of benzene rings is 1. The topological polar surface area (TPSA) is 71.5 Å². The first kappa shape index (κ1) is 18.9. The molecular weight excluding hydrogens is 338 g/mol. The third-order valence-corrected chi connectivity index (χ3v) is 4.19. The predicted octanol–water partition coefficient (Wildman–Crippen LogP) is 3.18. The van der Waals surface area contributed by atoms with E-state index in [-0.39, 0.29) is 25.0 Å². The molecular formula is C18H23N3O3S.